The summed E-state index contributed by atoms with van der Waals surface area (Å²) >= 11 is 5.94. The van der Waals surface area contributed by atoms with Gasteiger partial charge in [0.05, 0.1) is 12.4 Å². The van der Waals surface area contributed by atoms with Crippen molar-refractivity contribution < 1.29 is 33.7 Å². The molecule has 0 saturated heterocycles. The van der Waals surface area contributed by atoms with Gasteiger partial charge in [0.25, 0.3) is 0 Å². The van der Waals surface area contributed by atoms with Crippen LogP contribution in [0, 0.1) is 3.57 Å². The summed E-state index contributed by atoms with van der Waals surface area (Å²) in [5.74, 6) is -0.692. The van der Waals surface area contributed by atoms with Crippen molar-refractivity contribution in [2.45, 2.75) is 25.6 Å². The van der Waals surface area contributed by atoms with Crippen LogP contribution < -0.4 is 5.32 Å². The third kappa shape index (κ3) is 7.68. The monoisotopic (exact) mass is 573 g/mol. The summed E-state index contributed by atoms with van der Waals surface area (Å²) in [4.78, 5) is 35.4. The van der Waals surface area contributed by atoms with Crippen molar-refractivity contribution in [3.05, 3.63) is 57.2 Å². The number of phenols is 1. The number of halogens is 1. The van der Waals surface area contributed by atoms with Crippen molar-refractivity contribution in [2.24, 2.45) is 0 Å². The fourth-order valence-electron chi connectivity index (χ4n) is 2.87. The molecule has 2 atom stereocenters. The zero-order chi connectivity index (χ0) is 23.7. The first kappa shape index (κ1) is 25.9. The Morgan fingerprint density at radius 3 is 2.44 bits per heavy atom. The van der Waals surface area contributed by atoms with Gasteiger partial charge in [-0.2, -0.15) is 12.6 Å². The highest BCUT2D eigenvalue weighted by molar-refractivity contribution is 14.1. The molecule has 2 rings (SSSR count). The number of nitrogens with one attached hydrogen (secondary N) is 1. The molecule has 0 unspecified atom stereocenters. The van der Waals surface area contributed by atoms with Gasteiger partial charge in [0.15, 0.2) is 11.9 Å². The number of Topliss-reactive ketones (excluding diaryl/α,β-unsaturated/α-hetero) is 1. The van der Waals surface area contributed by atoms with Crippen molar-refractivity contribution in [3.8, 4) is 5.75 Å². The molecular weight excluding hydrogens is 549 g/mol. The highest BCUT2D eigenvalue weighted by Crippen LogP contribution is 2.33. The van der Waals surface area contributed by atoms with Gasteiger partial charge in [0.1, 0.15) is 11.9 Å². The largest absolute Gasteiger partial charge is 0.508 e. The van der Waals surface area contributed by atoms with Gasteiger partial charge in [-0.3, -0.25) is 14.9 Å². The molecule has 2 N–H and O–H groups in total. The average Bonchev–Trinajstić information content (AvgIpc) is 2.77. The first-order chi connectivity index (χ1) is 15.2. The Bertz CT molecular complexity index is 952. The molecule has 0 saturated carbocycles. The van der Waals surface area contributed by atoms with Gasteiger partial charge in [0, 0.05) is 33.9 Å². The van der Waals surface area contributed by atoms with E-state index in [4.69, 9.17) is 14.2 Å². The summed E-state index contributed by atoms with van der Waals surface area (Å²) in [7, 11) is 1.44. The molecule has 2 aromatic rings. The Hall–Kier alpha value is -2.31. The molecule has 2 aromatic carbocycles. The van der Waals surface area contributed by atoms with Gasteiger partial charge in [0.2, 0.25) is 0 Å². The van der Waals surface area contributed by atoms with Crippen molar-refractivity contribution in [1.82, 2.24) is 0 Å². The smallest absolute Gasteiger partial charge is 0.412 e. The lowest BCUT2D eigenvalue weighted by atomic mass is 10.0. The number of hydrogen-bond acceptors (Lipinski definition) is 8. The number of thiol groups is 1. The maximum absolute atomic E-state index is 12.6. The number of carbonyl (C=O) groups is 3. The predicted molar refractivity (Wildman–Crippen MR) is 130 cm³/mol. The number of carbonyl (C=O) groups excluding carboxylic acids is 3. The van der Waals surface area contributed by atoms with E-state index in [1.807, 2.05) is 0 Å². The first-order valence-corrected chi connectivity index (χ1v) is 11.3. The van der Waals surface area contributed by atoms with Crippen LogP contribution in [0.2, 0.25) is 0 Å². The van der Waals surface area contributed by atoms with Gasteiger partial charge in [-0.1, -0.05) is 0 Å². The second-order valence-corrected chi connectivity index (χ2v) is 8.29. The van der Waals surface area contributed by atoms with Crippen LogP contribution in [0.3, 0.4) is 0 Å². The molecule has 0 aliphatic carbocycles. The van der Waals surface area contributed by atoms with Crippen LogP contribution in [0.4, 0.5) is 10.5 Å². The third-order valence-electron chi connectivity index (χ3n) is 4.50. The maximum Gasteiger partial charge on any atom is 0.412 e. The number of ether oxygens (including phenoxy) is 3. The quantitative estimate of drug-likeness (QED) is 0.168. The number of amides is 1. The lowest BCUT2D eigenvalue weighted by molar-refractivity contribution is -0.141. The fourth-order valence-corrected chi connectivity index (χ4v) is 3.48. The molecule has 0 aliphatic rings. The zero-order valence-electron chi connectivity index (χ0n) is 17.5. The molecular formula is C22H24INO7S. The third-order valence-corrected chi connectivity index (χ3v) is 5.43. The van der Waals surface area contributed by atoms with Crippen LogP contribution in [0.15, 0.2) is 42.5 Å². The summed E-state index contributed by atoms with van der Waals surface area (Å²) in [6, 6.07) is 11.2. The van der Waals surface area contributed by atoms with Crippen LogP contribution >= 0.6 is 35.2 Å². The van der Waals surface area contributed by atoms with E-state index in [1.54, 1.807) is 36.4 Å². The molecule has 0 spiro atoms. The molecule has 0 aliphatic heterocycles. The van der Waals surface area contributed by atoms with E-state index < -0.39 is 24.3 Å². The molecule has 0 heterocycles. The Balaban J connectivity index is 2.21. The minimum absolute atomic E-state index is 0.0244. The minimum atomic E-state index is -0.985. The van der Waals surface area contributed by atoms with E-state index in [9.17, 15) is 19.5 Å². The Morgan fingerprint density at radius 1 is 1.16 bits per heavy atom. The molecule has 8 nitrogen and oxygen atoms in total. The molecule has 1 amide bonds. The van der Waals surface area contributed by atoms with Gasteiger partial charge in [-0.25, -0.2) is 4.79 Å². The van der Waals surface area contributed by atoms with Crippen LogP contribution in [-0.2, 0) is 19.0 Å². The highest BCUT2D eigenvalue weighted by Gasteiger charge is 2.30. The van der Waals surface area contributed by atoms with Crippen LogP contribution in [0.5, 0.6) is 5.75 Å². The van der Waals surface area contributed by atoms with E-state index in [1.165, 1.54) is 20.1 Å². The van der Waals surface area contributed by atoms with Crippen molar-refractivity contribution in [1.29, 1.82) is 0 Å². The first-order valence-electron chi connectivity index (χ1n) is 9.61. The molecule has 0 aromatic heterocycles. The van der Waals surface area contributed by atoms with Crippen LogP contribution in [0.1, 0.15) is 35.4 Å². The number of anilines is 1. The maximum atomic E-state index is 12.6. The highest BCUT2D eigenvalue weighted by atomic mass is 127. The van der Waals surface area contributed by atoms with Crippen molar-refractivity contribution in [3.63, 3.8) is 0 Å². The fraction of sp³-hybridized carbons (Fsp3) is 0.318. The van der Waals surface area contributed by atoms with Crippen molar-refractivity contribution in [2.75, 3.05) is 24.8 Å². The van der Waals surface area contributed by atoms with Crippen LogP contribution in [0.25, 0.3) is 0 Å². The summed E-state index contributed by atoms with van der Waals surface area (Å²) in [5.41, 5.74) is 1.30. The lowest BCUT2D eigenvalue weighted by Crippen LogP contribution is -2.29. The molecule has 0 radical (unpaired) electrons. The van der Waals surface area contributed by atoms with Gasteiger partial charge in [-0.15, -0.1) is 0 Å². The van der Waals surface area contributed by atoms with Gasteiger partial charge in [-0.05, 0) is 72.0 Å². The van der Waals surface area contributed by atoms with E-state index in [2.05, 4.69) is 40.5 Å². The van der Waals surface area contributed by atoms with E-state index in [-0.39, 0.29) is 30.3 Å². The zero-order valence-corrected chi connectivity index (χ0v) is 20.6. The van der Waals surface area contributed by atoms with E-state index in [0.29, 0.717) is 16.8 Å². The normalized spacial score (nSPS) is 12.5. The Morgan fingerprint density at radius 2 is 1.84 bits per heavy atom. The standard InChI is InChI=1S/C22H24INO7S/c1-13(25)14-3-6-16(7-4-14)24-22(28)31-21(17-11-15(23)5-8-18(17)26)19(29-2)9-10-30-20(27)12-32/h3-8,11,19,21,26,32H,9-10,12H2,1-2H3,(H,24,28)/t19-,21-/m1/s1. The number of aromatic hydroxyl groups is 1. The number of phenolic OH excluding ortho intramolecular Hbond substituents is 1. The van der Waals surface area contributed by atoms with E-state index in [0.717, 1.165) is 3.57 Å². The number of ketones is 1. The molecule has 32 heavy (non-hydrogen) atoms. The second kappa shape index (κ2) is 12.7. The molecule has 0 fully saturated rings. The van der Waals surface area contributed by atoms with Crippen LogP contribution in [-0.4, -0.2) is 48.5 Å². The summed E-state index contributed by atoms with van der Waals surface area (Å²) in [5, 5.41) is 13.0. The van der Waals surface area contributed by atoms with Crippen molar-refractivity contribution >= 4 is 58.8 Å². The second-order valence-electron chi connectivity index (χ2n) is 6.73. The number of hydrogen-bond donors (Lipinski definition) is 3. The number of methoxy groups -OCH3 is 1. The lowest BCUT2D eigenvalue weighted by Gasteiger charge is -2.27. The SMILES string of the molecule is CO[C@H](CCOC(=O)CS)[C@H](OC(=O)Nc1ccc(C(C)=O)cc1)c1cc(I)ccc1O. The molecule has 172 valence electrons. The summed E-state index contributed by atoms with van der Waals surface area (Å²) in [6.07, 6.45) is -2.26. The Labute approximate surface area is 205 Å². The van der Waals surface area contributed by atoms with Gasteiger partial charge < -0.3 is 19.3 Å². The Kier molecular flexibility index (Phi) is 10.3. The average molecular weight is 573 g/mol. The summed E-state index contributed by atoms with van der Waals surface area (Å²) < 4.78 is 17.0. The molecule has 10 heteroatoms. The minimum Gasteiger partial charge on any atom is -0.508 e. The topological polar surface area (TPSA) is 111 Å². The summed E-state index contributed by atoms with van der Waals surface area (Å²) in [6.45, 7) is 1.48. The number of esters is 1. The number of rotatable bonds is 10. The van der Waals surface area contributed by atoms with E-state index >= 15 is 0 Å². The number of benzene rings is 2. The predicted octanol–water partition coefficient (Wildman–Crippen LogP) is 4.37. The molecule has 0 bridgehead atoms. The van der Waals surface area contributed by atoms with Gasteiger partial charge >= 0.3 is 12.1 Å².